The third-order valence-electron chi connectivity index (χ3n) is 4.54. The van der Waals surface area contributed by atoms with Crippen molar-refractivity contribution in [2.75, 3.05) is 32.8 Å². The molecule has 128 valence electrons. The molecule has 1 aliphatic heterocycles. The van der Waals surface area contributed by atoms with Crippen LogP contribution in [-0.2, 0) is 11.2 Å². The van der Waals surface area contributed by atoms with E-state index in [1.54, 1.807) is 0 Å². The van der Waals surface area contributed by atoms with Crippen LogP contribution in [0.5, 0.6) is 11.5 Å². The van der Waals surface area contributed by atoms with Gasteiger partial charge in [-0.25, -0.2) is 0 Å². The first kappa shape index (κ1) is 17.0. The maximum atomic E-state index is 6.01. The molecule has 1 saturated heterocycles. The molecular formula is C20H26N2O2. The molecule has 3 rings (SSSR count). The molecule has 2 aromatic carbocycles. The van der Waals surface area contributed by atoms with Crippen LogP contribution in [0.25, 0.3) is 0 Å². The molecule has 1 heterocycles. The minimum absolute atomic E-state index is 0.242. The molecule has 4 nitrogen and oxygen atoms in total. The van der Waals surface area contributed by atoms with Gasteiger partial charge in [0.25, 0.3) is 0 Å². The molecule has 0 amide bonds. The summed E-state index contributed by atoms with van der Waals surface area (Å²) in [7, 11) is 0. The predicted molar refractivity (Wildman–Crippen MR) is 96.5 cm³/mol. The third-order valence-corrected chi connectivity index (χ3v) is 4.54. The van der Waals surface area contributed by atoms with Gasteiger partial charge in [0.2, 0.25) is 0 Å². The van der Waals surface area contributed by atoms with Crippen LogP contribution in [0.1, 0.15) is 24.1 Å². The maximum Gasteiger partial charge on any atom is 0.127 e. The number of hydrogen-bond donors (Lipinski definition) is 1. The fourth-order valence-electron chi connectivity index (χ4n) is 3.07. The Morgan fingerprint density at radius 3 is 2.12 bits per heavy atom. The first-order chi connectivity index (χ1) is 11.8. The lowest BCUT2D eigenvalue weighted by atomic mass is 10.0. The normalized spacial score (nSPS) is 16.8. The summed E-state index contributed by atoms with van der Waals surface area (Å²) in [4.78, 5) is 2.39. The van der Waals surface area contributed by atoms with Crippen molar-refractivity contribution in [3.05, 3.63) is 59.7 Å². The highest BCUT2D eigenvalue weighted by atomic mass is 16.5. The SMILES string of the molecule is CCc1ccc(Oc2ccc(C(CN)N3CCOCC3)cc2)cc1. The fourth-order valence-corrected chi connectivity index (χ4v) is 3.07. The van der Waals surface area contributed by atoms with Crippen molar-refractivity contribution < 1.29 is 9.47 Å². The summed E-state index contributed by atoms with van der Waals surface area (Å²) in [5.74, 6) is 1.71. The monoisotopic (exact) mass is 326 g/mol. The minimum atomic E-state index is 0.242. The van der Waals surface area contributed by atoms with Gasteiger partial charge in [0, 0.05) is 25.7 Å². The zero-order chi connectivity index (χ0) is 16.8. The van der Waals surface area contributed by atoms with Crippen LogP contribution in [-0.4, -0.2) is 37.7 Å². The number of morpholine rings is 1. The Morgan fingerprint density at radius 2 is 1.58 bits per heavy atom. The van der Waals surface area contributed by atoms with Crippen molar-refractivity contribution in [2.45, 2.75) is 19.4 Å². The van der Waals surface area contributed by atoms with E-state index in [2.05, 4.69) is 36.1 Å². The number of nitrogens with two attached hydrogens (primary N) is 1. The highest BCUT2D eigenvalue weighted by molar-refractivity contribution is 5.35. The zero-order valence-corrected chi connectivity index (χ0v) is 14.3. The Kier molecular flexibility index (Phi) is 5.86. The summed E-state index contributed by atoms with van der Waals surface area (Å²) in [6.07, 6.45) is 1.04. The second-order valence-corrected chi connectivity index (χ2v) is 6.07. The summed E-state index contributed by atoms with van der Waals surface area (Å²) in [5.41, 5.74) is 8.55. The lowest BCUT2D eigenvalue weighted by Gasteiger charge is -2.34. The van der Waals surface area contributed by atoms with Gasteiger partial charge < -0.3 is 15.2 Å². The van der Waals surface area contributed by atoms with Crippen molar-refractivity contribution in [3.63, 3.8) is 0 Å². The molecular weight excluding hydrogens is 300 g/mol. The molecule has 0 aromatic heterocycles. The van der Waals surface area contributed by atoms with Gasteiger partial charge in [0.05, 0.1) is 13.2 Å². The maximum absolute atomic E-state index is 6.01. The molecule has 2 N–H and O–H groups in total. The number of nitrogens with zero attached hydrogens (tertiary/aromatic N) is 1. The van der Waals surface area contributed by atoms with E-state index in [0.717, 1.165) is 44.2 Å². The van der Waals surface area contributed by atoms with Gasteiger partial charge in [-0.05, 0) is 41.8 Å². The molecule has 0 saturated carbocycles. The van der Waals surface area contributed by atoms with Gasteiger partial charge in [-0.2, -0.15) is 0 Å². The van der Waals surface area contributed by atoms with Gasteiger partial charge in [0.1, 0.15) is 11.5 Å². The second-order valence-electron chi connectivity index (χ2n) is 6.07. The van der Waals surface area contributed by atoms with E-state index in [-0.39, 0.29) is 6.04 Å². The summed E-state index contributed by atoms with van der Waals surface area (Å²) >= 11 is 0. The molecule has 0 bridgehead atoms. The van der Waals surface area contributed by atoms with Crippen LogP contribution >= 0.6 is 0 Å². The first-order valence-corrected chi connectivity index (χ1v) is 8.68. The van der Waals surface area contributed by atoms with Gasteiger partial charge >= 0.3 is 0 Å². The summed E-state index contributed by atoms with van der Waals surface area (Å²) < 4.78 is 11.4. The first-order valence-electron chi connectivity index (χ1n) is 8.68. The number of ether oxygens (including phenoxy) is 2. The van der Waals surface area contributed by atoms with Crippen LogP contribution in [0.2, 0.25) is 0 Å². The van der Waals surface area contributed by atoms with E-state index in [1.807, 2.05) is 24.3 Å². The minimum Gasteiger partial charge on any atom is -0.457 e. The van der Waals surface area contributed by atoms with Gasteiger partial charge in [0.15, 0.2) is 0 Å². The average molecular weight is 326 g/mol. The molecule has 4 heteroatoms. The van der Waals surface area contributed by atoms with Crippen LogP contribution < -0.4 is 10.5 Å². The Morgan fingerprint density at radius 1 is 1.00 bits per heavy atom. The largest absolute Gasteiger partial charge is 0.457 e. The number of benzene rings is 2. The van der Waals surface area contributed by atoms with Crippen LogP contribution in [0.4, 0.5) is 0 Å². The lowest BCUT2D eigenvalue weighted by molar-refractivity contribution is 0.0179. The van der Waals surface area contributed by atoms with Crippen molar-refractivity contribution in [1.82, 2.24) is 4.90 Å². The third kappa shape index (κ3) is 4.15. The number of rotatable bonds is 6. The molecule has 1 unspecified atom stereocenters. The van der Waals surface area contributed by atoms with Crippen molar-refractivity contribution >= 4 is 0 Å². The smallest absolute Gasteiger partial charge is 0.127 e. The lowest BCUT2D eigenvalue weighted by Crippen LogP contribution is -2.41. The fraction of sp³-hybridized carbons (Fsp3) is 0.400. The highest BCUT2D eigenvalue weighted by Gasteiger charge is 2.21. The number of aryl methyl sites for hydroxylation is 1. The predicted octanol–water partition coefficient (Wildman–Crippen LogP) is 3.37. The van der Waals surface area contributed by atoms with E-state index in [4.69, 9.17) is 15.2 Å². The summed E-state index contributed by atoms with van der Waals surface area (Å²) in [6.45, 7) is 6.19. The summed E-state index contributed by atoms with van der Waals surface area (Å²) in [6, 6.07) is 16.8. The van der Waals surface area contributed by atoms with E-state index >= 15 is 0 Å². The Balaban J connectivity index is 1.67. The van der Waals surface area contributed by atoms with E-state index in [9.17, 15) is 0 Å². The molecule has 2 aromatic rings. The molecule has 24 heavy (non-hydrogen) atoms. The molecule has 0 aliphatic carbocycles. The van der Waals surface area contributed by atoms with E-state index < -0.39 is 0 Å². The van der Waals surface area contributed by atoms with Crippen LogP contribution in [0.3, 0.4) is 0 Å². The van der Waals surface area contributed by atoms with Gasteiger partial charge in [-0.1, -0.05) is 31.2 Å². The zero-order valence-electron chi connectivity index (χ0n) is 14.3. The second kappa shape index (κ2) is 8.29. The van der Waals surface area contributed by atoms with Gasteiger partial charge in [-0.15, -0.1) is 0 Å². The quantitative estimate of drug-likeness (QED) is 0.884. The molecule has 1 atom stereocenters. The van der Waals surface area contributed by atoms with E-state index in [1.165, 1.54) is 11.1 Å². The molecule has 0 spiro atoms. The van der Waals surface area contributed by atoms with Crippen molar-refractivity contribution in [3.8, 4) is 11.5 Å². The van der Waals surface area contributed by atoms with Crippen LogP contribution in [0, 0.1) is 0 Å². The highest BCUT2D eigenvalue weighted by Crippen LogP contribution is 2.26. The van der Waals surface area contributed by atoms with Crippen molar-refractivity contribution in [1.29, 1.82) is 0 Å². The Labute approximate surface area is 144 Å². The Hall–Kier alpha value is -1.88. The molecule has 1 fully saturated rings. The molecule has 1 aliphatic rings. The summed E-state index contributed by atoms with van der Waals surface area (Å²) in [5, 5.41) is 0. The van der Waals surface area contributed by atoms with E-state index in [0.29, 0.717) is 6.54 Å². The van der Waals surface area contributed by atoms with Crippen LogP contribution in [0.15, 0.2) is 48.5 Å². The average Bonchev–Trinajstić information content (AvgIpc) is 2.65. The number of hydrogen-bond acceptors (Lipinski definition) is 4. The molecule has 0 radical (unpaired) electrons. The Bertz CT molecular complexity index is 619. The van der Waals surface area contributed by atoms with Crippen molar-refractivity contribution in [2.24, 2.45) is 5.73 Å². The van der Waals surface area contributed by atoms with Gasteiger partial charge in [-0.3, -0.25) is 4.90 Å². The standard InChI is InChI=1S/C20H26N2O2/c1-2-16-3-7-18(8-4-16)24-19-9-5-17(6-10-19)20(15-21)22-11-13-23-14-12-22/h3-10,20H,2,11-15,21H2,1H3. The topological polar surface area (TPSA) is 47.7 Å².